The molecule has 0 radical (unpaired) electrons. The largest absolute Gasteiger partial charge is 0.347 e. The van der Waals surface area contributed by atoms with Crippen LogP contribution in [-0.2, 0) is 4.79 Å². The van der Waals surface area contributed by atoms with E-state index in [0.717, 1.165) is 34.9 Å². The second-order valence-electron chi connectivity index (χ2n) is 8.60. The van der Waals surface area contributed by atoms with Crippen LogP contribution in [0.2, 0.25) is 0 Å². The van der Waals surface area contributed by atoms with Crippen LogP contribution in [0.4, 0.5) is 20.9 Å². The van der Waals surface area contributed by atoms with Crippen molar-refractivity contribution in [1.82, 2.24) is 9.97 Å². The van der Waals surface area contributed by atoms with Crippen LogP contribution in [0.25, 0.3) is 10.3 Å². The van der Waals surface area contributed by atoms with Gasteiger partial charge in [0, 0.05) is 36.2 Å². The molecule has 2 amide bonds. The first-order valence-electron chi connectivity index (χ1n) is 11.4. The van der Waals surface area contributed by atoms with Gasteiger partial charge in [0.25, 0.3) is 5.91 Å². The summed E-state index contributed by atoms with van der Waals surface area (Å²) in [6.07, 6.45) is 3.42. The fourth-order valence-electron chi connectivity index (χ4n) is 4.11. The van der Waals surface area contributed by atoms with E-state index in [1.165, 1.54) is 17.4 Å². The minimum absolute atomic E-state index is 0.0906. The molecule has 0 bridgehead atoms. The van der Waals surface area contributed by atoms with Crippen molar-refractivity contribution >= 4 is 50.0 Å². The summed E-state index contributed by atoms with van der Waals surface area (Å²) in [4.78, 5) is 37.8. The lowest BCUT2D eigenvalue weighted by molar-refractivity contribution is -0.120. The van der Waals surface area contributed by atoms with Gasteiger partial charge >= 0.3 is 0 Å². The monoisotopic (exact) mass is 489 g/mol. The van der Waals surface area contributed by atoms with Gasteiger partial charge in [-0.3, -0.25) is 9.59 Å². The number of carbonyl (C=O) groups excluding carboxylic acids is 2. The maximum atomic E-state index is 13.8. The number of rotatable bonds is 5. The van der Waals surface area contributed by atoms with Crippen LogP contribution >= 0.6 is 11.3 Å². The van der Waals surface area contributed by atoms with Crippen LogP contribution in [0.1, 0.15) is 28.8 Å². The molecule has 1 aliphatic heterocycles. The SMILES string of the molecule is Cc1ccc(NC(=O)c2cccc(NC(=O)[C@@H]3CCCN(c4nc5cccnc5s4)C3)c2)cc1F. The fourth-order valence-corrected chi connectivity index (χ4v) is 5.06. The molecule has 2 aromatic heterocycles. The van der Waals surface area contributed by atoms with E-state index < -0.39 is 0 Å². The number of aromatic nitrogens is 2. The molecule has 7 nitrogen and oxygen atoms in total. The number of carbonyl (C=O) groups is 2. The number of piperidine rings is 1. The number of benzene rings is 2. The molecular weight excluding hydrogens is 465 g/mol. The van der Waals surface area contributed by atoms with Gasteiger partial charge < -0.3 is 15.5 Å². The maximum Gasteiger partial charge on any atom is 0.255 e. The fraction of sp³-hybridized carbons (Fsp3) is 0.231. The third-order valence-electron chi connectivity index (χ3n) is 6.04. The van der Waals surface area contributed by atoms with Gasteiger partial charge in [0.2, 0.25) is 5.91 Å². The summed E-state index contributed by atoms with van der Waals surface area (Å²) >= 11 is 1.53. The minimum atomic E-state index is -0.382. The molecule has 178 valence electrons. The van der Waals surface area contributed by atoms with E-state index in [9.17, 15) is 14.0 Å². The van der Waals surface area contributed by atoms with Crippen molar-refractivity contribution in [3.8, 4) is 0 Å². The molecule has 3 heterocycles. The van der Waals surface area contributed by atoms with E-state index in [2.05, 4.69) is 25.5 Å². The summed E-state index contributed by atoms with van der Waals surface area (Å²) in [6.45, 7) is 3.08. The number of nitrogens with zero attached hydrogens (tertiary/aromatic N) is 3. The number of anilines is 3. The molecule has 5 rings (SSSR count). The van der Waals surface area contributed by atoms with Gasteiger partial charge in [-0.2, -0.15) is 0 Å². The lowest BCUT2D eigenvalue weighted by atomic mass is 9.97. The molecule has 9 heteroatoms. The summed E-state index contributed by atoms with van der Waals surface area (Å²) in [5.74, 6) is -1.05. The molecule has 0 unspecified atom stereocenters. The first-order valence-corrected chi connectivity index (χ1v) is 12.2. The van der Waals surface area contributed by atoms with Gasteiger partial charge in [0.05, 0.1) is 5.92 Å². The highest BCUT2D eigenvalue weighted by Gasteiger charge is 2.28. The molecule has 35 heavy (non-hydrogen) atoms. The average Bonchev–Trinajstić information content (AvgIpc) is 3.31. The van der Waals surface area contributed by atoms with Crippen molar-refractivity contribution in [2.24, 2.45) is 5.92 Å². The predicted octanol–water partition coefficient (Wildman–Crippen LogP) is 5.25. The molecule has 1 aliphatic rings. The molecule has 4 aromatic rings. The van der Waals surface area contributed by atoms with Crippen molar-refractivity contribution < 1.29 is 14.0 Å². The lowest BCUT2D eigenvalue weighted by Crippen LogP contribution is -2.40. The molecule has 2 N–H and O–H groups in total. The van der Waals surface area contributed by atoms with Crippen molar-refractivity contribution in [1.29, 1.82) is 0 Å². The number of aryl methyl sites for hydroxylation is 1. The molecule has 1 saturated heterocycles. The standard InChI is InChI=1S/C26H24FN5O2S/c1-16-9-10-20(14-21(16)27)30-23(33)17-5-2-7-19(13-17)29-24(34)18-6-4-12-32(15-18)26-31-22-8-3-11-28-25(22)35-26/h2-3,5,7-11,13-14,18H,4,6,12,15H2,1H3,(H,29,34)(H,30,33)/t18-/m1/s1. The highest BCUT2D eigenvalue weighted by Crippen LogP contribution is 2.30. The lowest BCUT2D eigenvalue weighted by Gasteiger charge is -2.31. The predicted molar refractivity (Wildman–Crippen MR) is 137 cm³/mol. The Hall–Kier alpha value is -3.85. The van der Waals surface area contributed by atoms with Gasteiger partial charge in [-0.1, -0.05) is 23.5 Å². The Kier molecular flexibility index (Phi) is 6.41. The molecule has 1 fully saturated rings. The number of pyridine rings is 1. The Morgan fingerprint density at radius 2 is 1.94 bits per heavy atom. The van der Waals surface area contributed by atoms with E-state index in [-0.39, 0.29) is 23.5 Å². The molecule has 0 spiro atoms. The number of hydrogen-bond acceptors (Lipinski definition) is 6. The summed E-state index contributed by atoms with van der Waals surface area (Å²) in [7, 11) is 0. The van der Waals surface area contributed by atoms with Crippen LogP contribution in [0, 0.1) is 18.7 Å². The van der Waals surface area contributed by atoms with Crippen LogP contribution in [0.3, 0.4) is 0 Å². The zero-order chi connectivity index (χ0) is 24.4. The molecule has 1 atom stereocenters. The first-order chi connectivity index (χ1) is 17.0. The van der Waals surface area contributed by atoms with Crippen molar-refractivity contribution in [2.45, 2.75) is 19.8 Å². The number of thiazole rings is 1. The normalized spacial score (nSPS) is 15.7. The van der Waals surface area contributed by atoms with E-state index in [0.29, 0.717) is 29.0 Å². The average molecular weight is 490 g/mol. The summed E-state index contributed by atoms with van der Waals surface area (Å²) in [6, 6.07) is 15.1. The zero-order valence-corrected chi connectivity index (χ0v) is 19.9. The van der Waals surface area contributed by atoms with Crippen molar-refractivity contribution in [3.63, 3.8) is 0 Å². The van der Waals surface area contributed by atoms with Gasteiger partial charge in [-0.05, 0) is 67.8 Å². The third kappa shape index (κ3) is 5.14. The quantitative estimate of drug-likeness (QED) is 0.400. The molecule has 0 saturated carbocycles. The van der Waals surface area contributed by atoms with Gasteiger partial charge in [-0.15, -0.1) is 0 Å². The Bertz CT molecular complexity index is 1370. The molecule has 2 aromatic carbocycles. The highest BCUT2D eigenvalue weighted by molar-refractivity contribution is 7.21. The van der Waals surface area contributed by atoms with Crippen molar-refractivity contribution in [3.05, 3.63) is 77.7 Å². The Morgan fingerprint density at radius 1 is 1.09 bits per heavy atom. The second-order valence-corrected chi connectivity index (χ2v) is 9.55. The number of hydrogen-bond donors (Lipinski definition) is 2. The summed E-state index contributed by atoms with van der Waals surface area (Å²) in [5.41, 5.74) is 2.66. The smallest absolute Gasteiger partial charge is 0.255 e. The summed E-state index contributed by atoms with van der Waals surface area (Å²) < 4.78 is 13.8. The van der Waals surface area contributed by atoms with E-state index in [4.69, 9.17) is 0 Å². The number of halogens is 1. The first kappa shape index (κ1) is 22.9. The third-order valence-corrected chi connectivity index (χ3v) is 7.08. The number of amides is 2. The number of nitrogens with one attached hydrogen (secondary N) is 2. The van der Waals surface area contributed by atoms with Crippen LogP contribution < -0.4 is 15.5 Å². The number of fused-ring (bicyclic) bond motifs is 1. The van der Waals surface area contributed by atoms with Crippen LogP contribution in [-0.4, -0.2) is 34.9 Å². The maximum absolute atomic E-state index is 13.8. The topological polar surface area (TPSA) is 87.2 Å². The molecular formula is C26H24FN5O2S. The Balaban J connectivity index is 1.24. The highest BCUT2D eigenvalue weighted by atomic mass is 32.1. The Morgan fingerprint density at radius 3 is 2.77 bits per heavy atom. The second kappa shape index (κ2) is 9.79. The van der Waals surface area contributed by atoms with E-state index in [1.807, 2.05) is 12.1 Å². The minimum Gasteiger partial charge on any atom is -0.347 e. The Labute approximate surface area is 206 Å². The van der Waals surface area contributed by atoms with Crippen LogP contribution in [0.5, 0.6) is 0 Å². The van der Waals surface area contributed by atoms with Crippen molar-refractivity contribution in [2.75, 3.05) is 28.6 Å². The van der Waals surface area contributed by atoms with Gasteiger partial charge in [0.15, 0.2) is 5.13 Å². The van der Waals surface area contributed by atoms with Gasteiger partial charge in [-0.25, -0.2) is 14.4 Å². The summed E-state index contributed by atoms with van der Waals surface area (Å²) in [5, 5.41) is 6.52. The van der Waals surface area contributed by atoms with Gasteiger partial charge in [0.1, 0.15) is 16.2 Å². The molecule has 0 aliphatic carbocycles. The van der Waals surface area contributed by atoms with E-state index >= 15 is 0 Å². The van der Waals surface area contributed by atoms with Crippen LogP contribution in [0.15, 0.2) is 60.8 Å². The zero-order valence-electron chi connectivity index (χ0n) is 19.1. The van der Waals surface area contributed by atoms with E-state index in [1.54, 1.807) is 49.5 Å².